The molecule has 94 valence electrons. The molecule has 2 unspecified atom stereocenters. The van der Waals surface area contributed by atoms with Crippen LogP contribution in [0.1, 0.15) is 31.1 Å². The van der Waals surface area contributed by atoms with E-state index in [0.29, 0.717) is 6.61 Å². The summed E-state index contributed by atoms with van der Waals surface area (Å²) in [5, 5.41) is 9.20. The molecule has 1 fully saturated rings. The van der Waals surface area contributed by atoms with Crippen LogP contribution in [0.15, 0.2) is 24.3 Å². The molecule has 0 amide bonds. The molecule has 1 aromatic rings. The maximum atomic E-state index is 9.20. The first-order valence-electron chi connectivity index (χ1n) is 6.05. The molecule has 4 nitrogen and oxygen atoms in total. The quantitative estimate of drug-likeness (QED) is 0.768. The van der Waals surface area contributed by atoms with Gasteiger partial charge in [0.15, 0.2) is 6.29 Å². The van der Waals surface area contributed by atoms with Crippen molar-refractivity contribution >= 4 is 0 Å². The van der Waals surface area contributed by atoms with Gasteiger partial charge in [-0.15, -0.1) is 0 Å². The van der Waals surface area contributed by atoms with Crippen LogP contribution < -0.4 is 5.73 Å². The summed E-state index contributed by atoms with van der Waals surface area (Å²) in [6, 6.07) is 6.93. The van der Waals surface area contributed by atoms with E-state index in [1.807, 2.05) is 12.1 Å². The number of hydrogen-bond acceptors (Lipinski definition) is 4. The number of nitrogens with two attached hydrogens (primary N) is 1. The summed E-state index contributed by atoms with van der Waals surface area (Å²) in [4.78, 5) is 0. The zero-order valence-corrected chi connectivity index (χ0v) is 9.84. The van der Waals surface area contributed by atoms with Gasteiger partial charge >= 0.3 is 0 Å². The maximum Gasteiger partial charge on any atom is 0.184 e. The van der Waals surface area contributed by atoms with Crippen LogP contribution in [-0.2, 0) is 9.47 Å². The molecule has 17 heavy (non-hydrogen) atoms. The van der Waals surface area contributed by atoms with Crippen molar-refractivity contribution in [1.29, 1.82) is 0 Å². The lowest BCUT2D eigenvalue weighted by Gasteiger charge is -2.11. The minimum atomic E-state index is -0.293. The first-order chi connectivity index (χ1) is 8.29. The highest BCUT2D eigenvalue weighted by Gasteiger charge is 2.26. The van der Waals surface area contributed by atoms with Gasteiger partial charge in [0.2, 0.25) is 0 Å². The maximum absolute atomic E-state index is 9.20. The Morgan fingerprint density at radius 2 is 2.00 bits per heavy atom. The topological polar surface area (TPSA) is 64.7 Å². The van der Waals surface area contributed by atoms with Gasteiger partial charge in [0.1, 0.15) is 5.75 Å². The summed E-state index contributed by atoms with van der Waals surface area (Å²) < 4.78 is 11.4. The number of aromatic hydroxyl groups is 1. The number of phenolic OH excluding ortho intramolecular Hbond substituents is 1. The molecular formula is C13H19NO3. The molecule has 1 aromatic carbocycles. The molecule has 0 aliphatic carbocycles. The molecule has 1 aliphatic heterocycles. The highest BCUT2D eigenvalue weighted by atomic mass is 16.7. The minimum absolute atomic E-state index is 0.167. The molecule has 4 heteroatoms. The van der Waals surface area contributed by atoms with Crippen molar-refractivity contribution in [2.75, 3.05) is 13.2 Å². The van der Waals surface area contributed by atoms with E-state index in [9.17, 15) is 5.11 Å². The van der Waals surface area contributed by atoms with Gasteiger partial charge in [-0.1, -0.05) is 12.1 Å². The van der Waals surface area contributed by atoms with Crippen molar-refractivity contribution < 1.29 is 14.6 Å². The fourth-order valence-electron chi connectivity index (χ4n) is 1.92. The van der Waals surface area contributed by atoms with Gasteiger partial charge in [-0.2, -0.15) is 0 Å². The summed E-state index contributed by atoms with van der Waals surface area (Å²) >= 11 is 0. The minimum Gasteiger partial charge on any atom is -0.508 e. The van der Waals surface area contributed by atoms with E-state index in [0.717, 1.165) is 31.4 Å². The lowest BCUT2D eigenvalue weighted by molar-refractivity contribution is -0.0613. The van der Waals surface area contributed by atoms with Gasteiger partial charge in [0.25, 0.3) is 0 Å². The molecule has 0 spiro atoms. The number of phenols is 1. The Balaban J connectivity index is 1.83. The molecule has 0 bridgehead atoms. The largest absolute Gasteiger partial charge is 0.508 e. The lowest BCUT2D eigenvalue weighted by atomic mass is 10.1. The highest BCUT2D eigenvalue weighted by Crippen LogP contribution is 2.29. The van der Waals surface area contributed by atoms with Gasteiger partial charge in [-0.05, 0) is 37.9 Å². The van der Waals surface area contributed by atoms with Crippen molar-refractivity contribution in [1.82, 2.24) is 0 Å². The Bertz CT molecular complexity index is 339. The third-order valence-electron chi connectivity index (χ3n) is 2.90. The first kappa shape index (κ1) is 12.4. The first-order valence-corrected chi connectivity index (χ1v) is 6.05. The van der Waals surface area contributed by atoms with Gasteiger partial charge in [-0.25, -0.2) is 0 Å². The zero-order chi connectivity index (χ0) is 12.1. The Morgan fingerprint density at radius 1 is 1.24 bits per heavy atom. The van der Waals surface area contributed by atoms with Crippen LogP contribution in [0.3, 0.4) is 0 Å². The average Bonchev–Trinajstić information content (AvgIpc) is 2.79. The van der Waals surface area contributed by atoms with Crippen molar-refractivity contribution in [2.24, 2.45) is 5.73 Å². The van der Waals surface area contributed by atoms with Crippen LogP contribution >= 0.6 is 0 Å². The normalized spacial score (nSPS) is 24.1. The zero-order valence-electron chi connectivity index (χ0n) is 9.84. The van der Waals surface area contributed by atoms with Crippen molar-refractivity contribution in [2.45, 2.75) is 31.7 Å². The van der Waals surface area contributed by atoms with E-state index in [4.69, 9.17) is 15.2 Å². The van der Waals surface area contributed by atoms with E-state index in [1.54, 1.807) is 12.1 Å². The van der Waals surface area contributed by atoms with Crippen molar-refractivity contribution in [3.05, 3.63) is 29.8 Å². The van der Waals surface area contributed by atoms with Crippen LogP contribution in [0.5, 0.6) is 5.75 Å². The molecule has 1 aliphatic rings. The van der Waals surface area contributed by atoms with Crippen molar-refractivity contribution in [3.8, 4) is 5.75 Å². The molecule has 0 radical (unpaired) electrons. The second kappa shape index (κ2) is 6.00. The summed E-state index contributed by atoms with van der Waals surface area (Å²) in [5.74, 6) is 0.256. The fraction of sp³-hybridized carbons (Fsp3) is 0.538. The van der Waals surface area contributed by atoms with Crippen molar-refractivity contribution in [3.63, 3.8) is 0 Å². The molecule has 1 heterocycles. The molecule has 1 saturated heterocycles. The molecule has 3 N–H and O–H groups in total. The predicted molar refractivity (Wildman–Crippen MR) is 64.6 cm³/mol. The summed E-state index contributed by atoms with van der Waals surface area (Å²) in [7, 11) is 0. The van der Waals surface area contributed by atoms with E-state index < -0.39 is 0 Å². The Kier molecular flexibility index (Phi) is 4.36. The number of ether oxygens (including phenoxy) is 2. The Labute approximate surface area is 101 Å². The van der Waals surface area contributed by atoms with E-state index in [-0.39, 0.29) is 18.1 Å². The van der Waals surface area contributed by atoms with E-state index in [1.165, 1.54) is 0 Å². The number of rotatable bonds is 5. The lowest BCUT2D eigenvalue weighted by Crippen LogP contribution is -2.10. The second-order valence-corrected chi connectivity index (χ2v) is 4.30. The number of hydrogen-bond donors (Lipinski definition) is 2. The fourth-order valence-corrected chi connectivity index (χ4v) is 1.92. The van der Waals surface area contributed by atoms with Gasteiger partial charge < -0.3 is 20.3 Å². The summed E-state index contributed by atoms with van der Waals surface area (Å²) in [6.07, 6.45) is 2.97. The molecule has 0 aromatic heterocycles. The molecule has 0 saturated carbocycles. The van der Waals surface area contributed by atoms with Crippen LogP contribution in [-0.4, -0.2) is 24.4 Å². The monoisotopic (exact) mass is 237 g/mol. The number of benzene rings is 1. The van der Waals surface area contributed by atoms with Gasteiger partial charge in [0.05, 0.1) is 12.7 Å². The summed E-state index contributed by atoms with van der Waals surface area (Å²) in [6.45, 7) is 1.37. The standard InChI is InChI=1S/C13H19NO3/c14-8-2-1-3-12-9-16-13(17-12)10-4-6-11(15)7-5-10/h4-7,12-13,15H,1-3,8-9,14H2. The molecule has 2 rings (SSSR count). The summed E-state index contributed by atoms with van der Waals surface area (Å²) in [5.41, 5.74) is 6.40. The van der Waals surface area contributed by atoms with E-state index in [2.05, 4.69) is 0 Å². The Morgan fingerprint density at radius 3 is 2.71 bits per heavy atom. The second-order valence-electron chi connectivity index (χ2n) is 4.30. The van der Waals surface area contributed by atoms with Crippen LogP contribution in [0.4, 0.5) is 0 Å². The third-order valence-corrected chi connectivity index (χ3v) is 2.90. The van der Waals surface area contributed by atoms with Crippen LogP contribution in [0.2, 0.25) is 0 Å². The smallest absolute Gasteiger partial charge is 0.184 e. The SMILES string of the molecule is NCCCCC1COC(c2ccc(O)cc2)O1. The van der Waals surface area contributed by atoms with Gasteiger partial charge in [-0.3, -0.25) is 0 Å². The predicted octanol–water partition coefficient (Wildman–Crippen LogP) is 1.94. The van der Waals surface area contributed by atoms with Gasteiger partial charge in [0, 0.05) is 5.56 Å². The number of unbranched alkanes of at least 4 members (excludes halogenated alkanes) is 1. The van der Waals surface area contributed by atoms with E-state index >= 15 is 0 Å². The highest BCUT2D eigenvalue weighted by molar-refractivity contribution is 5.26. The average molecular weight is 237 g/mol. The molecule has 2 atom stereocenters. The van der Waals surface area contributed by atoms with Crippen LogP contribution in [0, 0.1) is 0 Å². The van der Waals surface area contributed by atoms with Crippen LogP contribution in [0.25, 0.3) is 0 Å². The third kappa shape index (κ3) is 3.43. The Hall–Kier alpha value is -1.10. The molecular weight excluding hydrogens is 218 g/mol.